The highest BCUT2D eigenvalue weighted by atomic mass is 35.5. The van der Waals surface area contributed by atoms with Gasteiger partial charge in [0.2, 0.25) is 15.9 Å². The van der Waals surface area contributed by atoms with Crippen LogP contribution in [0.5, 0.6) is 0 Å². The van der Waals surface area contributed by atoms with E-state index in [1.54, 1.807) is 6.92 Å². The van der Waals surface area contributed by atoms with Crippen molar-refractivity contribution in [1.82, 2.24) is 5.32 Å². The van der Waals surface area contributed by atoms with Gasteiger partial charge < -0.3 is 5.32 Å². The van der Waals surface area contributed by atoms with Gasteiger partial charge in [-0.2, -0.15) is 0 Å². The molecule has 0 saturated heterocycles. The fourth-order valence-electron chi connectivity index (χ4n) is 1.55. The van der Waals surface area contributed by atoms with Gasteiger partial charge in [-0.1, -0.05) is 11.6 Å². The molecule has 0 aromatic heterocycles. The summed E-state index contributed by atoms with van der Waals surface area (Å²) in [6.45, 7) is 2.26. The zero-order valence-corrected chi connectivity index (χ0v) is 12.4. The minimum Gasteiger partial charge on any atom is -0.356 e. The normalized spacial score (nSPS) is 11.2. The van der Waals surface area contributed by atoms with Crippen molar-refractivity contribution in [3.63, 3.8) is 0 Å². The molecule has 1 aromatic carbocycles. The first kappa shape index (κ1) is 16.6. The van der Waals surface area contributed by atoms with E-state index in [9.17, 15) is 18.0 Å². The molecular formula is C12H15ClN2O4S. The molecule has 20 heavy (non-hydrogen) atoms. The van der Waals surface area contributed by atoms with Crippen LogP contribution >= 0.6 is 11.6 Å². The number of primary sulfonamides is 1. The predicted molar refractivity (Wildman–Crippen MR) is 75.1 cm³/mol. The van der Waals surface area contributed by atoms with Crippen LogP contribution in [0, 0.1) is 0 Å². The van der Waals surface area contributed by atoms with Gasteiger partial charge in [-0.05, 0) is 25.1 Å². The van der Waals surface area contributed by atoms with Crippen LogP contribution in [0.3, 0.4) is 0 Å². The lowest BCUT2D eigenvalue weighted by atomic mass is 10.1. The Balaban J connectivity index is 2.87. The van der Waals surface area contributed by atoms with E-state index in [2.05, 4.69) is 5.32 Å². The lowest BCUT2D eigenvalue weighted by Gasteiger charge is -2.06. The molecule has 0 unspecified atom stereocenters. The maximum absolute atomic E-state index is 11.9. The topological polar surface area (TPSA) is 106 Å². The van der Waals surface area contributed by atoms with Crippen LogP contribution < -0.4 is 10.5 Å². The van der Waals surface area contributed by atoms with Crippen LogP contribution in [0.1, 0.15) is 30.1 Å². The summed E-state index contributed by atoms with van der Waals surface area (Å²) >= 11 is 5.72. The molecular weight excluding hydrogens is 304 g/mol. The Bertz CT molecular complexity index is 628. The predicted octanol–water partition coefficient (Wildman–Crippen LogP) is 1.09. The van der Waals surface area contributed by atoms with Gasteiger partial charge in [-0.25, -0.2) is 13.6 Å². The largest absolute Gasteiger partial charge is 0.356 e. The van der Waals surface area contributed by atoms with Gasteiger partial charge >= 0.3 is 0 Å². The summed E-state index contributed by atoms with van der Waals surface area (Å²) in [4.78, 5) is 22.8. The van der Waals surface area contributed by atoms with Crippen molar-refractivity contribution in [1.29, 1.82) is 0 Å². The average Bonchev–Trinajstić information content (AvgIpc) is 2.35. The second kappa shape index (κ2) is 6.83. The van der Waals surface area contributed by atoms with E-state index in [1.165, 1.54) is 12.1 Å². The van der Waals surface area contributed by atoms with Crippen LogP contribution in [0.25, 0.3) is 0 Å². The maximum Gasteiger partial charge on any atom is 0.239 e. The molecule has 0 aliphatic heterocycles. The summed E-state index contributed by atoms with van der Waals surface area (Å²) in [5.41, 5.74) is 0.155. The lowest BCUT2D eigenvalue weighted by molar-refractivity contribution is -0.120. The Labute approximate surface area is 122 Å². The Kier molecular flexibility index (Phi) is 5.67. The number of Topliss-reactive ketones (excluding diaryl/α,β-unsaturated/α-hetero) is 1. The van der Waals surface area contributed by atoms with Gasteiger partial charge in [0.05, 0.1) is 5.02 Å². The molecule has 0 saturated carbocycles. The third-order valence-electron chi connectivity index (χ3n) is 2.51. The summed E-state index contributed by atoms with van der Waals surface area (Å²) in [6, 6.07) is 3.81. The van der Waals surface area contributed by atoms with E-state index in [-0.39, 0.29) is 40.0 Å². The van der Waals surface area contributed by atoms with Gasteiger partial charge in [0.25, 0.3) is 0 Å². The van der Waals surface area contributed by atoms with Crippen molar-refractivity contribution in [3.05, 3.63) is 28.8 Å². The summed E-state index contributed by atoms with van der Waals surface area (Å²) in [7, 11) is -3.99. The molecule has 3 N–H and O–H groups in total. The molecule has 1 amide bonds. The third-order valence-corrected chi connectivity index (χ3v) is 3.91. The smallest absolute Gasteiger partial charge is 0.239 e. The maximum atomic E-state index is 11.9. The fourth-order valence-corrected chi connectivity index (χ4v) is 2.62. The Morgan fingerprint density at radius 1 is 1.30 bits per heavy atom. The van der Waals surface area contributed by atoms with Crippen molar-refractivity contribution >= 4 is 33.3 Å². The molecule has 0 aliphatic rings. The number of carbonyl (C=O) groups is 2. The number of benzene rings is 1. The standard InChI is InChI=1S/C12H15ClN2O4S/c1-2-15-12(17)6-5-10(16)8-3-4-9(13)11(7-8)20(14,18)19/h3-4,7H,2,5-6H2,1H3,(H,15,17)(H2,14,18,19). The lowest BCUT2D eigenvalue weighted by Crippen LogP contribution is -2.23. The SMILES string of the molecule is CCNC(=O)CCC(=O)c1ccc(Cl)c(S(N)(=O)=O)c1. The number of carbonyl (C=O) groups excluding carboxylic acids is 2. The van der Waals surface area contributed by atoms with Crippen molar-refractivity contribution < 1.29 is 18.0 Å². The van der Waals surface area contributed by atoms with E-state index in [1.807, 2.05) is 0 Å². The first-order chi connectivity index (χ1) is 9.25. The van der Waals surface area contributed by atoms with Gasteiger partial charge in [-0.3, -0.25) is 9.59 Å². The quantitative estimate of drug-likeness (QED) is 0.765. The van der Waals surface area contributed by atoms with Crippen LogP contribution in [0.2, 0.25) is 5.02 Å². The second-order valence-corrected chi connectivity index (χ2v) is 6.00. The molecule has 6 nitrogen and oxygen atoms in total. The molecule has 110 valence electrons. The molecule has 0 fully saturated rings. The Morgan fingerprint density at radius 2 is 1.95 bits per heavy atom. The number of hydrogen-bond donors (Lipinski definition) is 2. The van der Waals surface area contributed by atoms with Crippen molar-refractivity contribution in [2.75, 3.05) is 6.54 Å². The van der Waals surface area contributed by atoms with Crippen LogP contribution in [-0.4, -0.2) is 26.7 Å². The minimum absolute atomic E-state index is 0.0163. The summed E-state index contributed by atoms with van der Waals surface area (Å²) < 4.78 is 22.6. The molecule has 8 heteroatoms. The van der Waals surface area contributed by atoms with Crippen LogP contribution in [0.4, 0.5) is 0 Å². The molecule has 0 heterocycles. The molecule has 0 bridgehead atoms. The van der Waals surface area contributed by atoms with Crippen molar-refractivity contribution in [3.8, 4) is 0 Å². The van der Waals surface area contributed by atoms with Crippen LogP contribution in [-0.2, 0) is 14.8 Å². The Morgan fingerprint density at radius 3 is 2.50 bits per heavy atom. The zero-order chi connectivity index (χ0) is 15.3. The highest BCUT2D eigenvalue weighted by Gasteiger charge is 2.16. The zero-order valence-electron chi connectivity index (χ0n) is 10.8. The number of rotatable bonds is 6. The molecule has 0 atom stereocenters. The first-order valence-electron chi connectivity index (χ1n) is 5.88. The number of nitrogens with one attached hydrogen (secondary N) is 1. The number of nitrogens with two attached hydrogens (primary N) is 1. The van der Waals surface area contributed by atoms with Crippen LogP contribution in [0.15, 0.2) is 23.1 Å². The highest BCUT2D eigenvalue weighted by molar-refractivity contribution is 7.89. The number of hydrogen-bond acceptors (Lipinski definition) is 4. The number of halogens is 1. The van der Waals surface area contributed by atoms with E-state index in [0.29, 0.717) is 6.54 Å². The van der Waals surface area contributed by atoms with E-state index < -0.39 is 10.0 Å². The van der Waals surface area contributed by atoms with Gasteiger partial charge in [0.15, 0.2) is 5.78 Å². The van der Waals surface area contributed by atoms with Gasteiger partial charge in [0.1, 0.15) is 4.90 Å². The first-order valence-corrected chi connectivity index (χ1v) is 7.80. The third kappa shape index (κ3) is 4.59. The van der Waals surface area contributed by atoms with E-state index >= 15 is 0 Å². The molecule has 0 radical (unpaired) electrons. The molecule has 0 spiro atoms. The van der Waals surface area contributed by atoms with Gasteiger partial charge in [-0.15, -0.1) is 0 Å². The minimum atomic E-state index is -3.99. The number of amides is 1. The summed E-state index contributed by atoms with van der Waals surface area (Å²) in [5, 5.41) is 7.52. The van der Waals surface area contributed by atoms with Gasteiger partial charge in [0, 0.05) is 24.9 Å². The monoisotopic (exact) mass is 318 g/mol. The van der Waals surface area contributed by atoms with Crippen molar-refractivity contribution in [2.24, 2.45) is 5.14 Å². The summed E-state index contributed by atoms with van der Waals surface area (Å²) in [6.07, 6.45) is 0.0253. The second-order valence-electron chi connectivity index (χ2n) is 4.07. The molecule has 0 aliphatic carbocycles. The van der Waals surface area contributed by atoms with Crippen molar-refractivity contribution in [2.45, 2.75) is 24.7 Å². The van der Waals surface area contributed by atoms with E-state index in [4.69, 9.17) is 16.7 Å². The number of sulfonamides is 1. The fraction of sp³-hybridized carbons (Fsp3) is 0.333. The highest BCUT2D eigenvalue weighted by Crippen LogP contribution is 2.22. The molecule has 1 aromatic rings. The average molecular weight is 319 g/mol. The summed E-state index contributed by atoms with van der Waals surface area (Å²) in [5.74, 6) is -0.584. The van der Waals surface area contributed by atoms with E-state index in [0.717, 1.165) is 6.07 Å². The number of ketones is 1. The Hall–Kier alpha value is -1.44. The molecule has 1 rings (SSSR count).